The second kappa shape index (κ2) is 5.52. The SMILES string of the molecule is CN(C)c1ncccc1CNC1=NCCCN1. The van der Waals surface area contributed by atoms with Crippen LogP contribution in [0.3, 0.4) is 0 Å². The van der Waals surface area contributed by atoms with Gasteiger partial charge in [-0.25, -0.2) is 4.98 Å². The van der Waals surface area contributed by atoms with E-state index >= 15 is 0 Å². The maximum atomic E-state index is 4.38. The van der Waals surface area contributed by atoms with Gasteiger partial charge in [0.05, 0.1) is 0 Å². The number of aromatic nitrogens is 1. The van der Waals surface area contributed by atoms with Crippen molar-refractivity contribution in [2.24, 2.45) is 4.99 Å². The van der Waals surface area contributed by atoms with E-state index in [1.54, 1.807) is 0 Å². The smallest absolute Gasteiger partial charge is 0.191 e. The number of hydrogen-bond acceptors (Lipinski definition) is 5. The quantitative estimate of drug-likeness (QED) is 0.802. The predicted molar refractivity (Wildman–Crippen MR) is 70.3 cm³/mol. The highest BCUT2D eigenvalue weighted by molar-refractivity contribution is 5.80. The largest absolute Gasteiger partial charge is 0.362 e. The zero-order valence-corrected chi connectivity index (χ0v) is 10.4. The summed E-state index contributed by atoms with van der Waals surface area (Å²) in [5, 5.41) is 6.55. The van der Waals surface area contributed by atoms with Crippen LogP contribution in [-0.2, 0) is 6.54 Å². The first-order valence-corrected chi connectivity index (χ1v) is 5.91. The van der Waals surface area contributed by atoms with Gasteiger partial charge in [0.15, 0.2) is 5.96 Å². The Morgan fingerprint density at radius 1 is 1.47 bits per heavy atom. The maximum Gasteiger partial charge on any atom is 0.191 e. The summed E-state index contributed by atoms with van der Waals surface area (Å²) in [5.41, 5.74) is 1.17. The van der Waals surface area contributed by atoms with E-state index in [9.17, 15) is 0 Å². The molecule has 17 heavy (non-hydrogen) atoms. The molecule has 2 rings (SSSR count). The molecule has 5 heteroatoms. The summed E-state index contributed by atoms with van der Waals surface area (Å²) >= 11 is 0. The van der Waals surface area contributed by atoms with Gasteiger partial charge in [-0.05, 0) is 12.5 Å². The molecule has 0 unspecified atom stereocenters. The second-order valence-electron chi connectivity index (χ2n) is 4.24. The summed E-state index contributed by atoms with van der Waals surface area (Å²) in [7, 11) is 4.00. The predicted octanol–water partition coefficient (Wildman–Crippen LogP) is 0.586. The van der Waals surface area contributed by atoms with Crippen molar-refractivity contribution in [3.05, 3.63) is 23.9 Å². The number of aliphatic imine (C=N–C) groups is 1. The Labute approximate surface area is 102 Å². The van der Waals surface area contributed by atoms with E-state index < -0.39 is 0 Å². The van der Waals surface area contributed by atoms with E-state index in [4.69, 9.17) is 0 Å². The van der Waals surface area contributed by atoms with Crippen LogP contribution in [0.2, 0.25) is 0 Å². The molecule has 0 saturated heterocycles. The summed E-state index contributed by atoms with van der Waals surface area (Å²) in [5.74, 6) is 1.89. The summed E-state index contributed by atoms with van der Waals surface area (Å²) in [6.07, 6.45) is 2.93. The molecule has 0 bridgehead atoms. The third kappa shape index (κ3) is 3.09. The van der Waals surface area contributed by atoms with Gasteiger partial charge in [-0.2, -0.15) is 0 Å². The Bertz CT molecular complexity index is 400. The molecule has 2 N–H and O–H groups in total. The van der Waals surface area contributed by atoms with Crippen molar-refractivity contribution >= 4 is 11.8 Å². The molecule has 0 aliphatic carbocycles. The lowest BCUT2D eigenvalue weighted by molar-refractivity contribution is 0.701. The first kappa shape index (κ1) is 11.7. The summed E-state index contributed by atoms with van der Waals surface area (Å²) in [6.45, 7) is 2.65. The van der Waals surface area contributed by atoms with Gasteiger partial charge in [0.2, 0.25) is 0 Å². The number of nitrogens with zero attached hydrogens (tertiary/aromatic N) is 3. The lowest BCUT2D eigenvalue weighted by atomic mass is 10.2. The topological polar surface area (TPSA) is 52.6 Å². The first-order chi connectivity index (χ1) is 8.27. The number of hydrogen-bond donors (Lipinski definition) is 2. The Morgan fingerprint density at radius 3 is 3.06 bits per heavy atom. The Kier molecular flexibility index (Phi) is 3.80. The monoisotopic (exact) mass is 233 g/mol. The van der Waals surface area contributed by atoms with Gasteiger partial charge >= 0.3 is 0 Å². The second-order valence-corrected chi connectivity index (χ2v) is 4.24. The van der Waals surface area contributed by atoms with Gasteiger partial charge in [0.25, 0.3) is 0 Å². The molecule has 0 amide bonds. The maximum absolute atomic E-state index is 4.38. The lowest BCUT2D eigenvalue weighted by Crippen LogP contribution is -2.40. The molecule has 1 aliphatic rings. The molecular formula is C12H19N5. The highest BCUT2D eigenvalue weighted by Gasteiger charge is 2.07. The molecule has 0 fully saturated rings. The zero-order chi connectivity index (χ0) is 12.1. The van der Waals surface area contributed by atoms with E-state index in [2.05, 4.69) is 26.7 Å². The molecule has 1 aromatic heterocycles. The van der Waals surface area contributed by atoms with Crippen molar-refractivity contribution in [3.8, 4) is 0 Å². The van der Waals surface area contributed by atoms with Gasteiger partial charge in [0.1, 0.15) is 5.82 Å². The fourth-order valence-electron chi connectivity index (χ4n) is 1.80. The van der Waals surface area contributed by atoms with E-state index in [1.165, 1.54) is 5.56 Å². The summed E-state index contributed by atoms with van der Waals surface area (Å²) < 4.78 is 0. The van der Waals surface area contributed by atoms with Crippen molar-refractivity contribution in [1.82, 2.24) is 15.6 Å². The van der Waals surface area contributed by atoms with Crippen LogP contribution in [0.4, 0.5) is 5.82 Å². The molecular weight excluding hydrogens is 214 g/mol. The van der Waals surface area contributed by atoms with Crippen molar-refractivity contribution in [2.75, 3.05) is 32.1 Å². The molecule has 0 radical (unpaired) electrons. The van der Waals surface area contributed by atoms with E-state index in [0.717, 1.165) is 37.8 Å². The summed E-state index contributed by atoms with van der Waals surface area (Å²) in [6, 6.07) is 4.04. The van der Waals surface area contributed by atoms with Crippen LogP contribution in [0.25, 0.3) is 0 Å². The third-order valence-electron chi connectivity index (χ3n) is 2.63. The molecule has 0 saturated carbocycles. The lowest BCUT2D eigenvalue weighted by Gasteiger charge is -2.19. The average Bonchev–Trinajstić information content (AvgIpc) is 2.38. The molecule has 0 aromatic carbocycles. The Morgan fingerprint density at radius 2 is 2.35 bits per heavy atom. The van der Waals surface area contributed by atoms with Crippen LogP contribution in [0.1, 0.15) is 12.0 Å². The van der Waals surface area contributed by atoms with Crippen LogP contribution < -0.4 is 15.5 Å². The average molecular weight is 233 g/mol. The fraction of sp³-hybridized carbons (Fsp3) is 0.500. The van der Waals surface area contributed by atoms with E-state index in [-0.39, 0.29) is 0 Å². The van der Waals surface area contributed by atoms with Crippen LogP contribution >= 0.6 is 0 Å². The van der Waals surface area contributed by atoms with Crippen molar-refractivity contribution < 1.29 is 0 Å². The molecule has 0 atom stereocenters. The number of pyridine rings is 1. The van der Waals surface area contributed by atoms with Crippen LogP contribution in [0, 0.1) is 0 Å². The minimum Gasteiger partial charge on any atom is -0.362 e. The molecule has 0 spiro atoms. The number of rotatable bonds is 3. The van der Waals surface area contributed by atoms with Gasteiger partial charge in [-0.3, -0.25) is 4.99 Å². The normalized spacial score (nSPS) is 14.8. The van der Waals surface area contributed by atoms with Crippen molar-refractivity contribution in [2.45, 2.75) is 13.0 Å². The van der Waals surface area contributed by atoms with Crippen LogP contribution in [0.5, 0.6) is 0 Å². The van der Waals surface area contributed by atoms with Crippen molar-refractivity contribution in [1.29, 1.82) is 0 Å². The van der Waals surface area contributed by atoms with Gasteiger partial charge in [-0.15, -0.1) is 0 Å². The highest BCUT2D eigenvalue weighted by atomic mass is 15.2. The minimum atomic E-state index is 0.743. The van der Waals surface area contributed by atoms with Crippen LogP contribution in [0.15, 0.2) is 23.3 Å². The van der Waals surface area contributed by atoms with Crippen molar-refractivity contribution in [3.63, 3.8) is 0 Å². The standard InChI is InChI=1S/C12H19N5/c1-17(2)11-10(5-3-6-13-11)9-16-12-14-7-4-8-15-12/h3,5-6H,4,7-9H2,1-2H3,(H2,14,15,16). The molecule has 1 aromatic rings. The molecule has 92 valence electrons. The molecule has 5 nitrogen and oxygen atoms in total. The Hall–Kier alpha value is -1.78. The zero-order valence-electron chi connectivity index (χ0n) is 10.4. The number of anilines is 1. The molecule has 1 aliphatic heterocycles. The van der Waals surface area contributed by atoms with E-state index in [0.29, 0.717) is 0 Å². The van der Waals surface area contributed by atoms with Crippen LogP contribution in [-0.4, -0.2) is 38.1 Å². The van der Waals surface area contributed by atoms with E-state index in [1.807, 2.05) is 31.3 Å². The minimum absolute atomic E-state index is 0.743. The Balaban J connectivity index is 2.01. The third-order valence-corrected chi connectivity index (χ3v) is 2.63. The molecule has 2 heterocycles. The highest BCUT2D eigenvalue weighted by Crippen LogP contribution is 2.13. The number of guanidine groups is 1. The van der Waals surface area contributed by atoms with Gasteiger partial charge in [0, 0.05) is 45.5 Å². The summed E-state index contributed by atoms with van der Waals surface area (Å²) in [4.78, 5) is 10.8. The fourth-order valence-corrected chi connectivity index (χ4v) is 1.80. The first-order valence-electron chi connectivity index (χ1n) is 5.91. The van der Waals surface area contributed by atoms with Gasteiger partial charge < -0.3 is 15.5 Å². The van der Waals surface area contributed by atoms with Gasteiger partial charge in [-0.1, -0.05) is 6.07 Å². The number of nitrogens with one attached hydrogen (secondary N) is 2.